The highest BCUT2D eigenvalue weighted by molar-refractivity contribution is 7.90. The number of hydrogen-bond donors (Lipinski definition) is 4. The topological polar surface area (TPSA) is 125 Å². The van der Waals surface area contributed by atoms with Gasteiger partial charge < -0.3 is 9.67 Å². The summed E-state index contributed by atoms with van der Waals surface area (Å²) in [5.41, 5.74) is 8.99. The molecule has 2 aromatic carbocycles. The summed E-state index contributed by atoms with van der Waals surface area (Å²) in [4.78, 5) is 16.7. The second-order valence-corrected chi connectivity index (χ2v) is 13.7. The number of nitrogens with one attached hydrogen (secondary N) is 3. The number of urea groups is 1. The first-order valence-electron chi connectivity index (χ1n) is 13.9. The molecule has 5 aliphatic rings. The first kappa shape index (κ1) is 25.7. The lowest BCUT2D eigenvalue weighted by Gasteiger charge is -2.61. The minimum absolute atomic E-state index is 0.00334. The lowest BCUT2D eigenvalue weighted by molar-refractivity contribution is -0.139. The quantitative estimate of drug-likeness (QED) is 0.324. The number of carbonyl (C=O) groups excluding carboxylic acids is 1. The van der Waals surface area contributed by atoms with Crippen LogP contribution in [0, 0.1) is 29.0 Å². The van der Waals surface area contributed by atoms with Crippen LogP contribution >= 0.6 is 0 Å². The molecule has 0 spiro atoms. The summed E-state index contributed by atoms with van der Waals surface area (Å²) in [6.07, 6.45) is 8.71. The van der Waals surface area contributed by atoms with Crippen LogP contribution in [0.5, 0.6) is 0 Å². The minimum Gasteiger partial charge on any atom is -0.392 e. The smallest absolute Gasteiger partial charge is 0.343 e. The van der Waals surface area contributed by atoms with Gasteiger partial charge in [0.1, 0.15) is 5.82 Å². The van der Waals surface area contributed by atoms with Crippen molar-refractivity contribution in [3.8, 4) is 11.3 Å². The van der Waals surface area contributed by atoms with Crippen molar-refractivity contribution >= 4 is 16.1 Å². The number of amides is 2. The Balaban J connectivity index is 1.02. The largest absolute Gasteiger partial charge is 0.392 e. The Labute approximate surface area is 232 Å². The molecule has 4 fully saturated rings. The van der Waals surface area contributed by atoms with Crippen LogP contribution in [0.3, 0.4) is 0 Å². The molecular weight excluding hydrogens is 533 g/mol. The van der Waals surface area contributed by atoms with Gasteiger partial charge in [-0.25, -0.2) is 32.7 Å². The molecule has 4 bridgehead atoms. The van der Waals surface area contributed by atoms with Crippen molar-refractivity contribution in [2.45, 2.75) is 61.6 Å². The molecule has 2 heterocycles. The number of aliphatic hydroxyl groups is 1. The zero-order valence-corrected chi connectivity index (χ0v) is 22.6. The Morgan fingerprint density at radius 2 is 1.82 bits per heavy atom. The van der Waals surface area contributed by atoms with E-state index in [-0.39, 0.29) is 34.2 Å². The first-order chi connectivity index (χ1) is 19.2. The number of fused-ring (bicyclic) bond motifs is 3. The number of halogens is 1. The summed E-state index contributed by atoms with van der Waals surface area (Å²) in [6.45, 7) is 0. The van der Waals surface area contributed by atoms with Crippen LogP contribution in [-0.4, -0.2) is 41.3 Å². The minimum atomic E-state index is -4.13. The number of carbonyl (C=O) groups is 1. The molecule has 0 saturated heterocycles. The number of rotatable bonds is 7. The van der Waals surface area contributed by atoms with Crippen LogP contribution in [-0.2, 0) is 10.0 Å². The normalized spacial score (nSPS) is 30.5. The molecule has 8 rings (SSSR count). The van der Waals surface area contributed by atoms with E-state index in [2.05, 4.69) is 32.5 Å². The van der Waals surface area contributed by atoms with E-state index in [1.54, 1.807) is 0 Å². The van der Waals surface area contributed by atoms with E-state index < -0.39 is 28.0 Å². The molecule has 4 aliphatic carbocycles. The second-order valence-electron chi connectivity index (χ2n) is 12.1. The summed E-state index contributed by atoms with van der Waals surface area (Å²) in [5, 5.41) is 11.8. The van der Waals surface area contributed by atoms with Crippen LogP contribution < -0.4 is 15.6 Å². The monoisotopic (exact) mass is 565 g/mol. The van der Waals surface area contributed by atoms with E-state index in [0.29, 0.717) is 12.3 Å². The molecule has 210 valence electrons. The molecule has 3 aromatic rings. The highest BCUT2D eigenvalue weighted by Crippen LogP contribution is 2.62. The zero-order valence-electron chi connectivity index (χ0n) is 21.8. The Kier molecular flexibility index (Phi) is 6.03. The molecule has 9 nitrogen and oxygen atoms in total. The fraction of sp³-hybridized carbons (Fsp3) is 0.448. The average Bonchev–Trinajstić information content (AvgIpc) is 3.50. The van der Waals surface area contributed by atoms with Crippen LogP contribution in [0.25, 0.3) is 11.3 Å². The number of hydrazine groups is 1. The maximum atomic E-state index is 13.2. The summed E-state index contributed by atoms with van der Waals surface area (Å²) in [6, 6.07) is 11.8. The van der Waals surface area contributed by atoms with Crippen molar-refractivity contribution in [3.63, 3.8) is 0 Å². The first-order valence-corrected chi connectivity index (χ1v) is 15.3. The lowest BCUT2D eigenvalue weighted by atomic mass is 9.46. The van der Waals surface area contributed by atoms with Crippen molar-refractivity contribution in [2.75, 3.05) is 0 Å². The number of imidazole rings is 1. The van der Waals surface area contributed by atoms with Crippen LogP contribution in [0.2, 0.25) is 0 Å². The lowest BCUT2D eigenvalue weighted by Crippen LogP contribution is -2.64. The fourth-order valence-electron chi connectivity index (χ4n) is 8.33. The van der Waals surface area contributed by atoms with E-state index in [1.165, 1.54) is 11.1 Å². The molecule has 1 aliphatic heterocycles. The van der Waals surface area contributed by atoms with Gasteiger partial charge in [-0.3, -0.25) is 5.43 Å². The predicted octanol–water partition coefficient (Wildman–Crippen LogP) is 3.73. The van der Waals surface area contributed by atoms with Gasteiger partial charge >= 0.3 is 6.03 Å². The molecule has 4 saturated carbocycles. The predicted molar refractivity (Wildman–Crippen MR) is 145 cm³/mol. The third-order valence-electron chi connectivity index (χ3n) is 9.77. The van der Waals surface area contributed by atoms with Gasteiger partial charge in [-0.15, -0.1) is 0 Å². The molecule has 4 unspecified atom stereocenters. The van der Waals surface area contributed by atoms with Gasteiger partial charge in [0.25, 0.3) is 10.0 Å². The number of aliphatic hydroxyl groups excluding tert-OH is 1. The third-order valence-corrected chi connectivity index (χ3v) is 11.1. The van der Waals surface area contributed by atoms with Gasteiger partial charge in [0, 0.05) is 11.6 Å². The van der Waals surface area contributed by atoms with Crippen molar-refractivity contribution in [3.05, 3.63) is 72.4 Å². The van der Waals surface area contributed by atoms with E-state index in [9.17, 15) is 22.7 Å². The van der Waals surface area contributed by atoms with E-state index in [0.717, 1.165) is 62.1 Å². The summed E-state index contributed by atoms with van der Waals surface area (Å²) in [7, 11) is -4.13. The standard InChI is InChI=1S/C29H32FN5O4S/c30-20-5-7-21(8-6-20)40(38,39)34-28(37)33-32-27-18-9-17-10-19(27)14-29(12-17,13-18)26(36)11-24-22-3-1-2-4-23(22)25-15-31-16-35(24)25/h1-8,15-19,24,26-27,32,36H,9-14H2,(H2,33,34,37). The van der Waals surface area contributed by atoms with Gasteiger partial charge in [0.2, 0.25) is 0 Å². The Morgan fingerprint density at radius 1 is 1.10 bits per heavy atom. The molecule has 1 aromatic heterocycles. The molecule has 40 heavy (non-hydrogen) atoms. The number of sulfonamides is 1. The number of nitrogens with zero attached hydrogens (tertiary/aromatic N) is 2. The van der Waals surface area contributed by atoms with Crippen LogP contribution in [0.15, 0.2) is 66.0 Å². The highest BCUT2D eigenvalue weighted by Gasteiger charge is 2.58. The maximum absolute atomic E-state index is 13.2. The van der Waals surface area contributed by atoms with Crippen LogP contribution in [0.1, 0.15) is 50.1 Å². The SMILES string of the molecule is O=C(NNC1C2CC3CC1CC(C(O)CC1c4ccccc4-c4cncn41)(C3)C2)NS(=O)(=O)c1ccc(F)cc1. The Hall–Kier alpha value is -3.28. The van der Waals surface area contributed by atoms with Gasteiger partial charge in [0.05, 0.1) is 35.3 Å². The van der Waals surface area contributed by atoms with Crippen molar-refractivity contribution in [1.82, 2.24) is 25.1 Å². The highest BCUT2D eigenvalue weighted by atomic mass is 32.2. The molecule has 2 amide bonds. The Bertz CT molecular complexity index is 1540. The summed E-state index contributed by atoms with van der Waals surface area (Å²) >= 11 is 0. The van der Waals surface area contributed by atoms with Gasteiger partial charge in [-0.05, 0) is 91.5 Å². The summed E-state index contributed by atoms with van der Waals surface area (Å²) in [5.74, 6) is 0.524. The molecule has 4 N–H and O–H groups in total. The van der Waals surface area contributed by atoms with Gasteiger partial charge in [0.15, 0.2) is 0 Å². The van der Waals surface area contributed by atoms with Gasteiger partial charge in [-0.1, -0.05) is 24.3 Å². The average molecular weight is 566 g/mol. The Morgan fingerprint density at radius 3 is 2.58 bits per heavy atom. The van der Waals surface area contributed by atoms with Crippen molar-refractivity contribution in [1.29, 1.82) is 0 Å². The van der Waals surface area contributed by atoms with E-state index >= 15 is 0 Å². The second kappa shape index (κ2) is 9.39. The fourth-order valence-corrected chi connectivity index (χ4v) is 9.24. The molecule has 11 heteroatoms. The molecular formula is C29H32FN5O4S. The number of aromatic nitrogens is 2. The van der Waals surface area contributed by atoms with E-state index in [1.807, 2.05) is 29.4 Å². The van der Waals surface area contributed by atoms with Crippen molar-refractivity contribution in [2.24, 2.45) is 23.2 Å². The van der Waals surface area contributed by atoms with Crippen LogP contribution in [0.4, 0.5) is 9.18 Å². The molecule has 4 atom stereocenters. The third kappa shape index (κ3) is 4.22. The molecule has 0 radical (unpaired) electrons. The van der Waals surface area contributed by atoms with Crippen molar-refractivity contribution < 1.29 is 22.7 Å². The van der Waals surface area contributed by atoms with Gasteiger partial charge in [-0.2, -0.15) is 0 Å². The summed E-state index contributed by atoms with van der Waals surface area (Å²) < 4.78 is 42.3. The number of benzene rings is 2. The van der Waals surface area contributed by atoms with E-state index in [4.69, 9.17) is 0 Å². The zero-order chi connectivity index (χ0) is 27.6. The number of hydrogen-bond acceptors (Lipinski definition) is 6. The maximum Gasteiger partial charge on any atom is 0.343 e.